The van der Waals surface area contributed by atoms with E-state index in [4.69, 9.17) is 34.8 Å². The van der Waals surface area contributed by atoms with Gasteiger partial charge in [0, 0.05) is 28.0 Å². The zero-order valence-electron chi connectivity index (χ0n) is 10.4. The molecule has 0 bridgehead atoms. The molecule has 0 saturated carbocycles. The van der Waals surface area contributed by atoms with Crippen molar-refractivity contribution in [2.45, 2.75) is 20.3 Å². The predicted molar refractivity (Wildman–Crippen MR) is 77.9 cm³/mol. The molecule has 0 unspecified atom stereocenters. The Hall–Kier alpha value is -0.440. The first-order valence-corrected chi connectivity index (χ1v) is 6.93. The molecule has 0 aromatic heterocycles. The summed E-state index contributed by atoms with van der Waals surface area (Å²) in [4.78, 5) is 11.9. The number of alkyl halides is 1. The van der Waals surface area contributed by atoms with Crippen molar-refractivity contribution in [1.29, 1.82) is 0 Å². The van der Waals surface area contributed by atoms with Gasteiger partial charge in [-0.3, -0.25) is 4.79 Å². The molecule has 0 heterocycles. The smallest absolute Gasteiger partial charge is 0.251 e. The highest BCUT2D eigenvalue weighted by atomic mass is 35.5. The SMILES string of the molecule is CC(C)(CCCl)CNC(=O)c1cc(Cl)cc(Cl)c1. The van der Waals surface area contributed by atoms with Gasteiger partial charge in [-0.05, 0) is 30.0 Å². The lowest BCUT2D eigenvalue weighted by atomic mass is 9.90. The molecule has 18 heavy (non-hydrogen) atoms. The van der Waals surface area contributed by atoms with Crippen molar-refractivity contribution in [1.82, 2.24) is 5.32 Å². The molecule has 1 rings (SSSR count). The van der Waals surface area contributed by atoms with Crippen molar-refractivity contribution in [2.24, 2.45) is 5.41 Å². The molecule has 1 N–H and O–H groups in total. The molecule has 0 spiro atoms. The highest BCUT2D eigenvalue weighted by Gasteiger charge is 2.18. The molecule has 1 aromatic carbocycles. The van der Waals surface area contributed by atoms with Crippen LogP contribution in [0.1, 0.15) is 30.6 Å². The summed E-state index contributed by atoms with van der Waals surface area (Å²) in [6.45, 7) is 4.67. The zero-order valence-corrected chi connectivity index (χ0v) is 12.7. The van der Waals surface area contributed by atoms with E-state index in [2.05, 4.69) is 19.2 Å². The van der Waals surface area contributed by atoms with E-state index < -0.39 is 0 Å². The normalized spacial score (nSPS) is 11.4. The lowest BCUT2D eigenvalue weighted by Gasteiger charge is -2.23. The molecule has 5 heteroatoms. The molecular weight excluding hydrogens is 293 g/mol. The molecular formula is C13H16Cl3NO. The van der Waals surface area contributed by atoms with Crippen LogP contribution in [-0.4, -0.2) is 18.3 Å². The Morgan fingerprint density at radius 1 is 1.22 bits per heavy atom. The summed E-state index contributed by atoms with van der Waals surface area (Å²) in [5.41, 5.74) is 0.439. The molecule has 100 valence electrons. The maximum absolute atomic E-state index is 11.9. The van der Waals surface area contributed by atoms with E-state index in [9.17, 15) is 4.79 Å². The van der Waals surface area contributed by atoms with Gasteiger partial charge in [0.15, 0.2) is 0 Å². The minimum absolute atomic E-state index is 0.0280. The first kappa shape index (κ1) is 15.6. The number of halogens is 3. The number of hydrogen-bond acceptors (Lipinski definition) is 1. The van der Waals surface area contributed by atoms with Gasteiger partial charge >= 0.3 is 0 Å². The van der Waals surface area contributed by atoms with Crippen LogP contribution >= 0.6 is 34.8 Å². The third kappa shape index (κ3) is 5.05. The second-order valence-corrected chi connectivity index (χ2v) is 6.19. The molecule has 2 nitrogen and oxygen atoms in total. The molecule has 1 aromatic rings. The molecule has 1 amide bonds. The third-order valence-electron chi connectivity index (χ3n) is 2.62. The average Bonchev–Trinajstić information content (AvgIpc) is 2.24. The molecule has 0 aliphatic carbocycles. The number of amides is 1. The lowest BCUT2D eigenvalue weighted by Crippen LogP contribution is -2.34. The Balaban J connectivity index is 2.66. The minimum atomic E-state index is -0.179. The van der Waals surface area contributed by atoms with Crippen molar-refractivity contribution < 1.29 is 4.79 Å². The summed E-state index contributed by atoms with van der Waals surface area (Å²) >= 11 is 17.4. The summed E-state index contributed by atoms with van der Waals surface area (Å²) in [7, 11) is 0. The Bertz CT molecular complexity index is 412. The Labute approximate surface area is 123 Å². The first-order valence-electron chi connectivity index (χ1n) is 5.64. The van der Waals surface area contributed by atoms with Crippen LogP contribution in [0.25, 0.3) is 0 Å². The van der Waals surface area contributed by atoms with Crippen molar-refractivity contribution >= 4 is 40.7 Å². The topological polar surface area (TPSA) is 29.1 Å². The van der Waals surface area contributed by atoms with Gasteiger partial charge in [0.25, 0.3) is 5.91 Å². The van der Waals surface area contributed by atoms with Gasteiger partial charge in [-0.2, -0.15) is 0 Å². The highest BCUT2D eigenvalue weighted by Crippen LogP contribution is 2.21. The summed E-state index contributed by atoms with van der Waals surface area (Å²) in [5, 5.41) is 3.77. The van der Waals surface area contributed by atoms with Crippen molar-refractivity contribution in [2.75, 3.05) is 12.4 Å². The Morgan fingerprint density at radius 2 is 1.78 bits per heavy atom. The van der Waals surface area contributed by atoms with E-state index in [1.165, 1.54) is 0 Å². The largest absolute Gasteiger partial charge is 0.352 e. The van der Waals surface area contributed by atoms with Crippen LogP contribution in [-0.2, 0) is 0 Å². The van der Waals surface area contributed by atoms with Gasteiger partial charge in [0.2, 0.25) is 0 Å². The van der Waals surface area contributed by atoms with Crippen molar-refractivity contribution in [3.05, 3.63) is 33.8 Å². The Morgan fingerprint density at radius 3 is 2.28 bits per heavy atom. The molecule has 0 saturated heterocycles. The van der Waals surface area contributed by atoms with E-state index in [0.29, 0.717) is 28.0 Å². The zero-order chi connectivity index (χ0) is 13.8. The van der Waals surface area contributed by atoms with Gasteiger partial charge in [-0.15, -0.1) is 11.6 Å². The maximum Gasteiger partial charge on any atom is 0.251 e. The van der Waals surface area contributed by atoms with E-state index in [-0.39, 0.29) is 11.3 Å². The highest BCUT2D eigenvalue weighted by molar-refractivity contribution is 6.35. The van der Waals surface area contributed by atoms with Crippen LogP contribution < -0.4 is 5.32 Å². The fourth-order valence-corrected chi connectivity index (χ4v) is 2.49. The van der Waals surface area contributed by atoms with Gasteiger partial charge < -0.3 is 5.32 Å². The predicted octanol–water partition coefficient (Wildman–Crippen LogP) is 4.38. The summed E-state index contributed by atoms with van der Waals surface area (Å²) < 4.78 is 0. The number of nitrogens with one attached hydrogen (secondary N) is 1. The molecule has 0 aliphatic rings. The lowest BCUT2D eigenvalue weighted by molar-refractivity contribution is 0.0936. The van der Waals surface area contributed by atoms with Crippen molar-refractivity contribution in [3.63, 3.8) is 0 Å². The van der Waals surface area contributed by atoms with Crippen molar-refractivity contribution in [3.8, 4) is 0 Å². The second kappa shape index (κ2) is 6.65. The van der Waals surface area contributed by atoms with E-state index >= 15 is 0 Å². The number of carbonyl (C=O) groups excluding carboxylic acids is 1. The number of benzene rings is 1. The van der Waals surface area contributed by atoms with Crippen LogP contribution in [0.2, 0.25) is 10.0 Å². The van der Waals surface area contributed by atoms with Crippen LogP contribution in [0.5, 0.6) is 0 Å². The molecule has 0 radical (unpaired) electrons. The van der Waals surface area contributed by atoms with Crippen LogP contribution in [0, 0.1) is 5.41 Å². The van der Waals surface area contributed by atoms with Gasteiger partial charge in [0.1, 0.15) is 0 Å². The van der Waals surface area contributed by atoms with Crippen LogP contribution in [0.15, 0.2) is 18.2 Å². The second-order valence-electron chi connectivity index (χ2n) is 4.94. The summed E-state index contributed by atoms with van der Waals surface area (Å²) in [6.07, 6.45) is 0.838. The van der Waals surface area contributed by atoms with Gasteiger partial charge in [0.05, 0.1) is 0 Å². The first-order chi connectivity index (χ1) is 8.34. The molecule has 0 fully saturated rings. The van der Waals surface area contributed by atoms with Crippen LogP contribution in [0.3, 0.4) is 0 Å². The summed E-state index contributed by atoms with van der Waals surface area (Å²) in [6, 6.07) is 4.78. The average molecular weight is 309 g/mol. The molecule has 0 atom stereocenters. The third-order valence-corrected chi connectivity index (χ3v) is 3.25. The molecule has 0 aliphatic heterocycles. The number of hydrogen-bond donors (Lipinski definition) is 1. The van der Waals surface area contributed by atoms with Gasteiger partial charge in [-0.25, -0.2) is 0 Å². The maximum atomic E-state index is 11.9. The summed E-state index contributed by atoms with van der Waals surface area (Å²) in [5.74, 6) is 0.397. The van der Waals surface area contributed by atoms with Crippen LogP contribution in [0.4, 0.5) is 0 Å². The van der Waals surface area contributed by atoms with E-state index in [1.807, 2.05) is 0 Å². The van der Waals surface area contributed by atoms with E-state index in [0.717, 1.165) is 6.42 Å². The number of carbonyl (C=O) groups is 1. The quantitative estimate of drug-likeness (QED) is 0.804. The Kier molecular flexibility index (Phi) is 5.77. The number of rotatable bonds is 5. The monoisotopic (exact) mass is 307 g/mol. The fourth-order valence-electron chi connectivity index (χ4n) is 1.45. The van der Waals surface area contributed by atoms with Gasteiger partial charge in [-0.1, -0.05) is 37.0 Å². The standard InChI is InChI=1S/C13H16Cl3NO/c1-13(2,3-4-14)8-17-12(18)9-5-10(15)7-11(16)6-9/h5-7H,3-4,8H2,1-2H3,(H,17,18). The fraction of sp³-hybridized carbons (Fsp3) is 0.462. The minimum Gasteiger partial charge on any atom is -0.352 e. The van der Waals surface area contributed by atoms with E-state index in [1.54, 1.807) is 18.2 Å².